The summed E-state index contributed by atoms with van der Waals surface area (Å²) >= 11 is 1.48. The molecule has 0 atom stereocenters. The summed E-state index contributed by atoms with van der Waals surface area (Å²) in [6.45, 7) is 8.47. The number of carbonyl (C=O) groups is 1. The zero-order chi connectivity index (χ0) is 20.5. The number of carbonyl (C=O) groups excluding carboxylic acids is 1. The molecule has 1 N–H and O–H groups in total. The lowest BCUT2D eigenvalue weighted by molar-refractivity contribution is 0.103. The average Bonchev–Trinajstić information content (AvgIpc) is 3.36. The molecule has 1 aromatic carbocycles. The number of benzene rings is 1. The fraction of sp³-hybridized carbons (Fsp3) is 0.227. The van der Waals surface area contributed by atoms with E-state index in [0.717, 1.165) is 39.0 Å². The van der Waals surface area contributed by atoms with Crippen molar-refractivity contribution in [2.75, 3.05) is 5.32 Å². The predicted octanol–water partition coefficient (Wildman–Crippen LogP) is 5.13. The Hall–Kier alpha value is -3.19. The summed E-state index contributed by atoms with van der Waals surface area (Å²) in [5, 5.41) is 7.41. The van der Waals surface area contributed by atoms with Crippen LogP contribution in [-0.2, 0) is 6.54 Å². The number of anilines is 1. The summed E-state index contributed by atoms with van der Waals surface area (Å²) in [6.07, 6.45) is 0. The number of thiophene rings is 1. The molecule has 1 amide bonds. The van der Waals surface area contributed by atoms with Crippen LogP contribution >= 0.6 is 11.3 Å². The van der Waals surface area contributed by atoms with Crippen LogP contribution in [0.5, 0.6) is 0 Å². The number of hydrogen-bond acceptors (Lipinski definition) is 5. The minimum Gasteiger partial charge on any atom is -0.441 e. The van der Waals surface area contributed by atoms with E-state index in [2.05, 4.69) is 15.4 Å². The van der Waals surface area contributed by atoms with Gasteiger partial charge in [-0.1, -0.05) is 0 Å². The molecule has 0 saturated heterocycles. The van der Waals surface area contributed by atoms with Crippen LogP contribution in [0.1, 0.15) is 37.4 Å². The van der Waals surface area contributed by atoms with Crippen molar-refractivity contribution < 1.29 is 9.21 Å². The van der Waals surface area contributed by atoms with E-state index in [1.165, 1.54) is 11.3 Å². The first-order valence-corrected chi connectivity index (χ1v) is 10.2. The minimum atomic E-state index is -0.102. The maximum Gasteiger partial charge on any atom is 0.265 e. The van der Waals surface area contributed by atoms with E-state index in [1.807, 2.05) is 74.8 Å². The van der Waals surface area contributed by atoms with Gasteiger partial charge in [0.1, 0.15) is 11.5 Å². The van der Waals surface area contributed by atoms with Crippen molar-refractivity contribution in [1.29, 1.82) is 0 Å². The lowest BCUT2D eigenvalue weighted by Crippen LogP contribution is -2.09. The highest BCUT2D eigenvalue weighted by molar-refractivity contribution is 7.14. The van der Waals surface area contributed by atoms with Gasteiger partial charge in [0.15, 0.2) is 0 Å². The Morgan fingerprint density at radius 2 is 1.86 bits per heavy atom. The summed E-state index contributed by atoms with van der Waals surface area (Å²) in [4.78, 5) is 18.8. The van der Waals surface area contributed by atoms with Crippen molar-refractivity contribution in [2.24, 2.45) is 0 Å². The highest BCUT2D eigenvalue weighted by Gasteiger charge is 2.14. The first-order chi connectivity index (χ1) is 13.9. The summed E-state index contributed by atoms with van der Waals surface area (Å²) in [5.74, 6) is 1.23. The van der Waals surface area contributed by atoms with Crippen LogP contribution in [0.2, 0.25) is 0 Å². The zero-order valence-corrected chi connectivity index (χ0v) is 17.6. The summed E-state index contributed by atoms with van der Waals surface area (Å²) < 4.78 is 7.80. The van der Waals surface area contributed by atoms with Crippen LogP contribution in [0.4, 0.5) is 5.69 Å². The molecule has 0 spiro atoms. The molecule has 3 heterocycles. The van der Waals surface area contributed by atoms with Crippen LogP contribution in [-0.4, -0.2) is 20.7 Å². The molecular formula is C22H22N4O2S. The fourth-order valence-corrected chi connectivity index (χ4v) is 3.88. The summed E-state index contributed by atoms with van der Waals surface area (Å²) in [7, 11) is 0. The Bertz CT molecular complexity index is 1170. The first kappa shape index (κ1) is 19.1. The number of nitrogens with zero attached hydrogens (tertiary/aromatic N) is 3. The molecule has 0 aliphatic rings. The largest absolute Gasteiger partial charge is 0.441 e. The quantitative estimate of drug-likeness (QED) is 0.498. The Labute approximate surface area is 173 Å². The Kier molecular flexibility index (Phi) is 5.07. The third-order valence-electron chi connectivity index (χ3n) is 4.65. The van der Waals surface area contributed by atoms with Gasteiger partial charge < -0.3 is 9.73 Å². The van der Waals surface area contributed by atoms with Crippen molar-refractivity contribution in [2.45, 2.75) is 34.2 Å². The molecule has 0 aliphatic heterocycles. The van der Waals surface area contributed by atoms with Gasteiger partial charge in [0.2, 0.25) is 5.89 Å². The molecule has 148 valence electrons. The maximum atomic E-state index is 12.3. The van der Waals surface area contributed by atoms with Crippen LogP contribution < -0.4 is 5.32 Å². The van der Waals surface area contributed by atoms with Gasteiger partial charge in [-0.2, -0.15) is 5.10 Å². The molecule has 0 fully saturated rings. The maximum absolute atomic E-state index is 12.3. The van der Waals surface area contributed by atoms with Crippen molar-refractivity contribution in [1.82, 2.24) is 14.8 Å². The van der Waals surface area contributed by atoms with Gasteiger partial charge in [-0.15, -0.1) is 11.3 Å². The lowest BCUT2D eigenvalue weighted by atomic mass is 10.2. The lowest BCUT2D eigenvalue weighted by Gasteiger charge is -2.04. The Morgan fingerprint density at radius 3 is 2.48 bits per heavy atom. The number of aryl methyl sites for hydroxylation is 4. The monoisotopic (exact) mass is 406 g/mol. The van der Waals surface area contributed by atoms with Gasteiger partial charge in [0.25, 0.3) is 5.91 Å². The number of amides is 1. The van der Waals surface area contributed by atoms with E-state index in [-0.39, 0.29) is 5.91 Å². The standard InChI is InChI=1S/C22H22N4O2S/c1-13-11-14(2)26(25-13)12-19-16(4)28-22(24-19)17-6-8-18(9-7-17)23-21(27)20-10-5-15(3)29-20/h5-11H,12H2,1-4H3,(H,23,27). The second-order valence-corrected chi connectivity index (χ2v) is 8.34. The molecule has 29 heavy (non-hydrogen) atoms. The third kappa shape index (κ3) is 4.14. The molecule has 0 saturated carbocycles. The van der Waals surface area contributed by atoms with E-state index in [1.54, 1.807) is 0 Å². The first-order valence-electron chi connectivity index (χ1n) is 9.34. The van der Waals surface area contributed by atoms with Crippen molar-refractivity contribution in [3.63, 3.8) is 0 Å². The SMILES string of the molecule is Cc1cc(C)n(Cc2nc(-c3ccc(NC(=O)c4ccc(C)s4)cc3)oc2C)n1. The fourth-order valence-electron chi connectivity index (χ4n) is 3.12. The normalized spacial score (nSPS) is 11.0. The van der Waals surface area contributed by atoms with Gasteiger partial charge >= 0.3 is 0 Å². The number of nitrogens with one attached hydrogen (secondary N) is 1. The molecule has 0 aliphatic carbocycles. The van der Waals surface area contributed by atoms with Gasteiger partial charge in [-0.3, -0.25) is 9.48 Å². The Balaban J connectivity index is 1.49. The van der Waals surface area contributed by atoms with E-state index in [4.69, 9.17) is 4.42 Å². The molecule has 7 heteroatoms. The van der Waals surface area contributed by atoms with Crippen molar-refractivity contribution in [3.8, 4) is 11.5 Å². The summed E-state index contributed by atoms with van der Waals surface area (Å²) in [6, 6.07) is 13.3. The molecular weight excluding hydrogens is 384 g/mol. The molecule has 4 aromatic rings. The predicted molar refractivity (Wildman–Crippen MR) is 114 cm³/mol. The molecule has 0 unspecified atom stereocenters. The number of aromatic nitrogens is 3. The van der Waals surface area contributed by atoms with Crippen LogP contribution in [0.25, 0.3) is 11.5 Å². The number of hydrogen-bond donors (Lipinski definition) is 1. The number of oxazole rings is 1. The second kappa shape index (κ2) is 7.67. The van der Waals surface area contributed by atoms with Crippen LogP contribution in [0, 0.1) is 27.7 Å². The van der Waals surface area contributed by atoms with Gasteiger partial charge in [-0.25, -0.2) is 4.98 Å². The van der Waals surface area contributed by atoms with Crippen LogP contribution in [0.3, 0.4) is 0 Å². The number of rotatable bonds is 5. The topological polar surface area (TPSA) is 73.0 Å². The van der Waals surface area contributed by atoms with E-state index >= 15 is 0 Å². The van der Waals surface area contributed by atoms with Gasteiger partial charge in [0, 0.05) is 21.8 Å². The van der Waals surface area contributed by atoms with E-state index in [9.17, 15) is 4.79 Å². The zero-order valence-electron chi connectivity index (χ0n) is 16.8. The van der Waals surface area contributed by atoms with Gasteiger partial charge in [0.05, 0.1) is 17.1 Å². The second-order valence-electron chi connectivity index (χ2n) is 7.05. The molecule has 4 rings (SSSR count). The minimum absolute atomic E-state index is 0.102. The highest BCUT2D eigenvalue weighted by atomic mass is 32.1. The molecule has 0 radical (unpaired) electrons. The van der Waals surface area contributed by atoms with Crippen molar-refractivity contribution in [3.05, 3.63) is 75.1 Å². The average molecular weight is 407 g/mol. The van der Waals surface area contributed by atoms with E-state index in [0.29, 0.717) is 17.3 Å². The molecule has 3 aromatic heterocycles. The van der Waals surface area contributed by atoms with Crippen molar-refractivity contribution >= 4 is 22.9 Å². The smallest absolute Gasteiger partial charge is 0.265 e. The Morgan fingerprint density at radius 1 is 1.10 bits per heavy atom. The molecule has 6 nitrogen and oxygen atoms in total. The third-order valence-corrected chi connectivity index (χ3v) is 5.65. The van der Waals surface area contributed by atoms with Gasteiger partial charge in [-0.05, 0) is 70.2 Å². The summed E-state index contributed by atoms with van der Waals surface area (Å²) in [5.41, 5.74) is 4.52. The highest BCUT2D eigenvalue weighted by Crippen LogP contribution is 2.25. The van der Waals surface area contributed by atoms with E-state index < -0.39 is 0 Å². The molecule has 0 bridgehead atoms. The van der Waals surface area contributed by atoms with Crippen LogP contribution in [0.15, 0.2) is 46.9 Å².